The summed E-state index contributed by atoms with van der Waals surface area (Å²) in [6.07, 6.45) is 0. The van der Waals surface area contributed by atoms with Crippen LogP contribution in [0.3, 0.4) is 0 Å². The van der Waals surface area contributed by atoms with Gasteiger partial charge < -0.3 is 22.8 Å². The van der Waals surface area contributed by atoms with Crippen molar-refractivity contribution >= 4 is 137 Å². The highest BCUT2D eigenvalue weighted by Gasteiger charge is 2.30. The van der Waals surface area contributed by atoms with Crippen LogP contribution in [-0.2, 0) is 43.6 Å². The Morgan fingerprint density at radius 3 is 0.776 bits per heavy atom. The fourth-order valence-electron chi connectivity index (χ4n) is 22.0. The van der Waals surface area contributed by atoms with Crippen LogP contribution in [0.1, 0.15) is 239 Å². The van der Waals surface area contributed by atoms with Gasteiger partial charge in [0.15, 0.2) is 0 Å². The summed E-state index contributed by atoms with van der Waals surface area (Å²) in [4.78, 5) is 5.03. The largest absolute Gasteiger partial charge is 0.338 e. The van der Waals surface area contributed by atoms with Crippen molar-refractivity contribution in [3.8, 4) is 55.9 Å². The molecule has 0 radical (unpaired) electrons. The van der Waals surface area contributed by atoms with Gasteiger partial charge in [0.2, 0.25) is 5.78 Å². The molecule has 23 aromatic rings. The molecule has 7 aromatic heterocycles. The summed E-state index contributed by atoms with van der Waals surface area (Å²) >= 11 is 0. The number of benzene rings is 16. The predicted molar refractivity (Wildman–Crippen MR) is 620 cm³/mol. The molecule has 8 heteroatoms. The normalized spacial score (nSPS) is 12.9. The Bertz CT molecular complexity index is 8510. The molecule has 0 spiro atoms. The van der Waals surface area contributed by atoms with Crippen molar-refractivity contribution in [2.75, 3.05) is 0 Å². The summed E-state index contributed by atoms with van der Waals surface area (Å²) in [5.41, 5.74) is 38.7. The molecule has 16 aromatic carbocycles. The minimum absolute atomic E-state index is 0.0221. The maximum Gasteiger partial charge on any atom is 0.220 e. The Morgan fingerprint density at radius 1 is 0.189 bits per heavy atom. The second-order valence-electron chi connectivity index (χ2n) is 49.0. The molecule has 722 valence electrons. The molecule has 0 amide bonds. The molecule has 23 rings (SSSR count). The third kappa shape index (κ3) is 17.7. The van der Waals surface area contributed by atoms with Gasteiger partial charge in [0, 0.05) is 133 Å². The topological polar surface area (TPSA) is 46.9 Å². The molecule has 0 saturated carbocycles. The molecule has 0 fully saturated rings. The van der Waals surface area contributed by atoms with Crippen LogP contribution < -0.4 is 0 Å². The first kappa shape index (κ1) is 96.3. The Labute approximate surface area is 846 Å². The van der Waals surface area contributed by atoms with E-state index in [9.17, 15) is 0 Å². The summed E-state index contributed by atoms with van der Waals surface area (Å²) in [6, 6.07) is 127. The Kier molecular flexibility index (Phi) is 23.9. The molecule has 0 bridgehead atoms. The first-order valence-corrected chi connectivity index (χ1v) is 51.8. The van der Waals surface area contributed by atoms with Gasteiger partial charge >= 0.3 is 0 Å². The summed E-state index contributed by atoms with van der Waals surface area (Å²) in [7, 11) is 0. The smallest absolute Gasteiger partial charge is 0.220 e. The van der Waals surface area contributed by atoms with Gasteiger partial charge in [-0.1, -0.05) is 331 Å². The van der Waals surface area contributed by atoms with Crippen molar-refractivity contribution in [1.82, 2.24) is 36.8 Å². The first-order valence-electron chi connectivity index (χ1n) is 51.8. The minimum atomic E-state index is -0.0554. The van der Waals surface area contributed by atoms with E-state index in [1.54, 1.807) is 0 Å². The highest BCUT2D eigenvalue weighted by atomic mass is 15.2. The van der Waals surface area contributed by atoms with Crippen LogP contribution in [-0.4, -0.2) is 36.8 Å². The number of hydrogen-bond acceptors (Lipinski definition) is 1. The third-order valence-corrected chi connectivity index (χ3v) is 29.7. The maximum atomic E-state index is 5.03. The lowest BCUT2D eigenvalue weighted by Gasteiger charge is -2.26. The van der Waals surface area contributed by atoms with Gasteiger partial charge in [0.1, 0.15) is 0 Å². The highest BCUT2D eigenvalue weighted by Crippen LogP contribution is 2.47. The van der Waals surface area contributed by atoms with Gasteiger partial charge in [-0.3, -0.25) is 8.97 Å². The van der Waals surface area contributed by atoms with Gasteiger partial charge in [-0.05, 0) is 313 Å². The van der Waals surface area contributed by atoms with Crippen molar-refractivity contribution in [2.24, 2.45) is 0 Å². The van der Waals surface area contributed by atoms with Crippen LogP contribution in [0.4, 0.5) is 0 Å². The maximum absolute atomic E-state index is 5.03. The summed E-state index contributed by atoms with van der Waals surface area (Å²) in [6.45, 7) is 64.3. The van der Waals surface area contributed by atoms with E-state index < -0.39 is 0 Å². The lowest BCUT2D eigenvalue weighted by atomic mass is 9.78. The SMILES string of the molecule is CC(C)(C)c1cc(-c2ccc3c(c2)c2cc(-c4cc(C(C)(C)C)cc(C(C)(C)C)c4)ccc2n3C(C)(C)C)cc(C(C)(C)C)c1.CC(C)(C)c1ccc(-c2ccc3c(c2)c2cc(-c4ccc(C(C)(C)C)cc4)ccc2n3C(C)(C)C)cc1.CC(C)n1c2ccccc2c2cc(-n3c4ccccc4c4ccccc43)ccc21.CC(C)n1c2ccccc2c2cc(-n3c4ccccc4n4c5ccccc5nc34)ccc21. The molecule has 0 aliphatic carbocycles. The second kappa shape index (κ2) is 35.4. The number of nitrogens with zero attached hydrogens (tertiary/aromatic N) is 8. The summed E-state index contributed by atoms with van der Waals surface area (Å²) in [5.74, 6) is 0.944. The summed E-state index contributed by atoms with van der Waals surface area (Å²) < 4.78 is 16.9. The highest BCUT2D eigenvalue weighted by molar-refractivity contribution is 6.15. The molecule has 7 heterocycles. The number of para-hydroxylation sites is 8. The number of rotatable bonds is 8. The first-order chi connectivity index (χ1) is 67.6. The van der Waals surface area contributed by atoms with Crippen LogP contribution >= 0.6 is 0 Å². The van der Waals surface area contributed by atoms with Crippen molar-refractivity contribution in [3.05, 3.63) is 373 Å². The van der Waals surface area contributed by atoms with Crippen LogP contribution in [0.15, 0.2) is 340 Å². The van der Waals surface area contributed by atoms with E-state index >= 15 is 0 Å². The zero-order valence-electron chi connectivity index (χ0n) is 89.6. The number of fused-ring (bicyclic) bond motifs is 20. The van der Waals surface area contributed by atoms with Crippen molar-refractivity contribution < 1.29 is 0 Å². The molecule has 0 unspecified atom stereocenters. The van der Waals surface area contributed by atoms with Crippen molar-refractivity contribution in [2.45, 2.75) is 250 Å². The molecule has 0 aliphatic rings. The average Bonchev–Trinajstić information content (AvgIpc) is 1.55. The zero-order valence-corrected chi connectivity index (χ0v) is 89.6. The zero-order chi connectivity index (χ0) is 101. The van der Waals surface area contributed by atoms with E-state index in [-0.39, 0.29) is 43.6 Å². The fourth-order valence-corrected chi connectivity index (χ4v) is 22.0. The van der Waals surface area contributed by atoms with Gasteiger partial charge in [-0.25, -0.2) is 4.98 Å². The van der Waals surface area contributed by atoms with Gasteiger partial charge in [0.25, 0.3) is 0 Å². The van der Waals surface area contributed by atoms with E-state index in [0.717, 1.165) is 28.0 Å². The lowest BCUT2D eigenvalue weighted by molar-refractivity contribution is 0.423. The molecule has 0 atom stereocenters. The minimum Gasteiger partial charge on any atom is -0.338 e. The molecule has 143 heavy (non-hydrogen) atoms. The summed E-state index contributed by atoms with van der Waals surface area (Å²) in [5, 5.41) is 13.1. The predicted octanol–water partition coefficient (Wildman–Crippen LogP) is 38.1. The molecule has 0 saturated heterocycles. The number of imidazole rings is 2. The van der Waals surface area contributed by atoms with Crippen LogP contribution in [0.25, 0.3) is 193 Å². The van der Waals surface area contributed by atoms with Crippen LogP contribution in [0.5, 0.6) is 0 Å². The Hall–Kier alpha value is -14.2. The monoisotopic (exact) mass is 1880 g/mol. The molecule has 0 aliphatic heterocycles. The van der Waals surface area contributed by atoms with Crippen LogP contribution in [0, 0.1) is 0 Å². The van der Waals surface area contributed by atoms with Gasteiger partial charge in [0.05, 0.1) is 33.1 Å². The van der Waals surface area contributed by atoms with Crippen molar-refractivity contribution in [1.29, 1.82) is 0 Å². The number of aromatic nitrogens is 8. The molecule has 0 N–H and O–H groups in total. The van der Waals surface area contributed by atoms with E-state index in [1.165, 1.54) is 198 Å². The lowest BCUT2D eigenvalue weighted by Crippen LogP contribution is -2.21. The number of hydrogen-bond donors (Lipinski definition) is 0. The standard InChI is InChI=1S/C44H57N.C36H41N.C28H22N4.C27H22N2/c1-40(2,3)32-20-30(21-33(26-32)41(4,5)6)28-16-18-38-36(24-28)37-25-29(17-19-39(37)45(38)44(13,14)15)31-22-34(42(7,8)9)27-35(23-31)43(10,11)12;1-34(2,3)28-16-10-24(11-17-28)26-14-20-32-30(22-26)31-23-27(15-21-33(31)37(32)36(7,8)9)25-12-18-29(19-13-25)35(4,5)6;1-18(2)30-23-11-5-3-9-20(23)21-17-19(15-16-24(21)30)31-26-13-7-8-14-27(26)32-25-12-6-4-10-22(25)29-28(31)32;1-18(2)28-24-12-6-5-11-22(24)23-17-19(15-16-27(23)28)29-25-13-7-3-9-20(25)21-10-4-8-14-26(21)29/h16-27H,1-15H3;10-23H,1-9H3;3-18H,1-2H3;3-18H,1-2H3. The molecule has 8 nitrogen and oxygen atoms in total. The van der Waals surface area contributed by atoms with E-state index in [2.05, 4.69) is 559 Å². The van der Waals surface area contributed by atoms with E-state index in [1.807, 2.05) is 6.07 Å². The van der Waals surface area contributed by atoms with Gasteiger partial charge in [-0.2, -0.15) is 0 Å². The average molecular weight is 1880 g/mol. The van der Waals surface area contributed by atoms with E-state index in [0.29, 0.717) is 12.1 Å². The van der Waals surface area contributed by atoms with Gasteiger partial charge in [-0.15, -0.1) is 0 Å². The quantitative estimate of drug-likeness (QED) is 0.150. The second-order valence-corrected chi connectivity index (χ2v) is 49.0. The molecular weight excluding hydrogens is 1730 g/mol. The Morgan fingerprint density at radius 2 is 0.448 bits per heavy atom. The molecular formula is C135H142N8. The van der Waals surface area contributed by atoms with E-state index in [4.69, 9.17) is 4.98 Å². The third-order valence-electron chi connectivity index (χ3n) is 29.7. The Balaban J connectivity index is 0.000000118. The van der Waals surface area contributed by atoms with Crippen molar-refractivity contribution in [3.63, 3.8) is 0 Å². The fraction of sp³-hybridized carbons (Fsp3) is 0.281. The van der Waals surface area contributed by atoms with Crippen LogP contribution in [0.2, 0.25) is 0 Å².